The van der Waals surface area contributed by atoms with Crippen LogP contribution in [0.3, 0.4) is 0 Å². The molecule has 106 valence electrons. The van der Waals surface area contributed by atoms with E-state index in [0.29, 0.717) is 6.54 Å². The zero-order valence-corrected chi connectivity index (χ0v) is 11.3. The number of alkyl halides is 3. The molecule has 0 amide bonds. The summed E-state index contributed by atoms with van der Waals surface area (Å²) in [5, 5.41) is 2.91. The molecule has 1 aromatic rings. The normalized spacial score (nSPS) is 13.1. The van der Waals surface area contributed by atoms with Crippen LogP contribution in [0, 0.1) is 0 Å². The number of ether oxygens (including phenoxy) is 1. The van der Waals surface area contributed by atoms with Crippen molar-refractivity contribution < 1.29 is 22.7 Å². The van der Waals surface area contributed by atoms with E-state index >= 15 is 0 Å². The molecule has 1 rings (SSSR count). The predicted octanol–water partition coefficient (Wildman–Crippen LogP) is 2.95. The van der Waals surface area contributed by atoms with Crippen LogP contribution in [0.1, 0.15) is 12.5 Å². The molecule has 19 heavy (non-hydrogen) atoms. The van der Waals surface area contributed by atoms with Crippen molar-refractivity contribution in [2.24, 2.45) is 0 Å². The maximum atomic E-state index is 12.1. The second kappa shape index (κ2) is 6.81. The largest absolute Gasteiger partial charge is 0.468 e. The molecule has 0 radical (unpaired) electrons. The molecule has 0 aliphatic rings. The Morgan fingerprint density at radius 2 is 1.95 bits per heavy atom. The third-order valence-corrected chi connectivity index (χ3v) is 3.06. The van der Waals surface area contributed by atoms with Crippen molar-refractivity contribution in [3.63, 3.8) is 0 Å². The highest BCUT2D eigenvalue weighted by Crippen LogP contribution is 2.36. The lowest BCUT2D eigenvalue weighted by Gasteiger charge is -2.11. The number of hydrogen-bond donors (Lipinski definition) is 1. The SMILES string of the molecule is COC(=O)C(C)NCc1ccc(SC(F)(F)F)cc1. The van der Waals surface area contributed by atoms with Crippen molar-refractivity contribution >= 4 is 17.7 Å². The molecule has 3 nitrogen and oxygen atoms in total. The first-order valence-corrected chi connectivity index (χ1v) is 6.29. The minimum Gasteiger partial charge on any atom is -0.468 e. The van der Waals surface area contributed by atoms with E-state index in [2.05, 4.69) is 10.1 Å². The molecule has 0 heterocycles. The van der Waals surface area contributed by atoms with E-state index in [4.69, 9.17) is 0 Å². The van der Waals surface area contributed by atoms with E-state index in [9.17, 15) is 18.0 Å². The van der Waals surface area contributed by atoms with Crippen LogP contribution in [0.25, 0.3) is 0 Å². The topological polar surface area (TPSA) is 38.3 Å². The molecule has 0 aliphatic heterocycles. The van der Waals surface area contributed by atoms with Crippen molar-refractivity contribution in [3.8, 4) is 0 Å². The number of hydrogen-bond acceptors (Lipinski definition) is 4. The number of methoxy groups -OCH3 is 1. The molecule has 1 aromatic carbocycles. The molecule has 0 saturated carbocycles. The Bertz CT molecular complexity index is 420. The number of halogens is 3. The lowest BCUT2D eigenvalue weighted by atomic mass is 10.2. The molecular formula is C12H14F3NO2S. The first-order valence-electron chi connectivity index (χ1n) is 5.47. The van der Waals surface area contributed by atoms with Crippen LogP contribution >= 0.6 is 11.8 Å². The van der Waals surface area contributed by atoms with Crippen molar-refractivity contribution in [1.29, 1.82) is 0 Å². The summed E-state index contributed by atoms with van der Waals surface area (Å²) in [6.07, 6.45) is 0. The summed E-state index contributed by atoms with van der Waals surface area (Å²) in [5.74, 6) is -0.385. The van der Waals surface area contributed by atoms with Crippen molar-refractivity contribution in [3.05, 3.63) is 29.8 Å². The standard InChI is InChI=1S/C12H14F3NO2S/c1-8(11(17)18-2)16-7-9-3-5-10(6-4-9)19-12(13,14)15/h3-6,8,16H,7H2,1-2H3. The quantitative estimate of drug-likeness (QED) is 0.669. The van der Waals surface area contributed by atoms with Crippen LogP contribution in [0.4, 0.5) is 13.2 Å². The molecule has 1 atom stereocenters. The van der Waals surface area contributed by atoms with Gasteiger partial charge >= 0.3 is 11.5 Å². The Balaban J connectivity index is 2.51. The van der Waals surface area contributed by atoms with Gasteiger partial charge in [-0.25, -0.2) is 0 Å². The smallest absolute Gasteiger partial charge is 0.446 e. The zero-order valence-electron chi connectivity index (χ0n) is 10.5. The van der Waals surface area contributed by atoms with Crippen LogP contribution < -0.4 is 5.32 Å². The van der Waals surface area contributed by atoms with E-state index < -0.39 is 11.6 Å². The summed E-state index contributed by atoms with van der Waals surface area (Å²) in [7, 11) is 1.30. The van der Waals surface area contributed by atoms with E-state index in [1.165, 1.54) is 19.2 Å². The number of benzene rings is 1. The Morgan fingerprint density at radius 3 is 2.42 bits per heavy atom. The van der Waals surface area contributed by atoms with E-state index in [1.807, 2.05) is 0 Å². The van der Waals surface area contributed by atoms with Gasteiger partial charge in [-0.05, 0) is 36.4 Å². The van der Waals surface area contributed by atoms with Gasteiger partial charge in [0.25, 0.3) is 0 Å². The molecular weight excluding hydrogens is 279 g/mol. The third kappa shape index (κ3) is 5.98. The summed E-state index contributed by atoms with van der Waals surface area (Å²) in [4.78, 5) is 11.3. The van der Waals surface area contributed by atoms with Gasteiger partial charge in [0.05, 0.1) is 7.11 Å². The Kier molecular flexibility index (Phi) is 5.68. The Labute approximate surface area is 113 Å². The first-order chi connectivity index (χ1) is 8.81. The van der Waals surface area contributed by atoms with Gasteiger partial charge in [0.1, 0.15) is 6.04 Å². The van der Waals surface area contributed by atoms with Gasteiger partial charge in [-0.15, -0.1) is 0 Å². The lowest BCUT2D eigenvalue weighted by Crippen LogP contribution is -2.34. The molecule has 1 N–H and O–H groups in total. The van der Waals surface area contributed by atoms with Crippen molar-refractivity contribution in [2.45, 2.75) is 29.9 Å². The molecule has 1 unspecified atom stereocenters. The second-order valence-electron chi connectivity index (χ2n) is 3.82. The van der Waals surface area contributed by atoms with Crippen LogP contribution in [0.5, 0.6) is 0 Å². The molecule has 0 spiro atoms. The molecule has 0 saturated heterocycles. The molecule has 0 aliphatic carbocycles. The number of carbonyl (C=O) groups is 1. The average molecular weight is 293 g/mol. The highest BCUT2D eigenvalue weighted by Gasteiger charge is 2.28. The van der Waals surface area contributed by atoms with Gasteiger partial charge in [-0.2, -0.15) is 13.2 Å². The number of thioether (sulfide) groups is 1. The fraction of sp³-hybridized carbons (Fsp3) is 0.417. The second-order valence-corrected chi connectivity index (χ2v) is 4.96. The minimum atomic E-state index is -4.28. The summed E-state index contributed by atoms with van der Waals surface area (Å²) < 4.78 is 40.9. The van der Waals surface area contributed by atoms with Crippen molar-refractivity contribution in [2.75, 3.05) is 7.11 Å². The number of esters is 1. The zero-order chi connectivity index (χ0) is 14.5. The molecule has 0 bridgehead atoms. The van der Waals surface area contributed by atoms with Crippen LogP contribution in [0.15, 0.2) is 29.2 Å². The predicted molar refractivity (Wildman–Crippen MR) is 66.7 cm³/mol. The van der Waals surface area contributed by atoms with Crippen LogP contribution in [-0.4, -0.2) is 24.6 Å². The van der Waals surface area contributed by atoms with Gasteiger partial charge < -0.3 is 10.1 Å². The fourth-order valence-electron chi connectivity index (χ4n) is 1.34. The highest BCUT2D eigenvalue weighted by molar-refractivity contribution is 8.00. The number of nitrogens with one attached hydrogen (secondary N) is 1. The molecule has 0 aromatic heterocycles. The van der Waals surface area contributed by atoms with Gasteiger partial charge in [-0.1, -0.05) is 12.1 Å². The molecule has 7 heteroatoms. The van der Waals surface area contributed by atoms with E-state index in [-0.39, 0.29) is 22.6 Å². The van der Waals surface area contributed by atoms with Gasteiger partial charge in [0.2, 0.25) is 0 Å². The Hall–Kier alpha value is -1.21. The van der Waals surface area contributed by atoms with E-state index in [0.717, 1.165) is 5.56 Å². The summed E-state index contributed by atoms with van der Waals surface area (Å²) in [6.45, 7) is 2.03. The minimum absolute atomic E-state index is 0.136. The van der Waals surface area contributed by atoms with Crippen molar-refractivity contribution in [1.82, 2.24) is 5.32 Å². The Morgan fingerprint density at radius 1 is 1.37 bits per heavy atom. The third-order valence-electron chi connectivity index (χ3n) is 2.32. The average Bonchev–Trinajstić information content (AvgIpc) is 2.34. The van der Waals surface area contributed by atoms with E-state index in [1.54, 1.807) is 19.1 Å². The first kappa shape index (κ1) is 15.8. The summed E-state index contributed by atoms with van der Waals surface area (Å²) in [6, 6.07) is 5.51. The molecule has 0 fully saturated rings. The highest BCUT2D eigenvalue weighted by atomic mass is 32.2. The van der Waals surface area contributed by atoms with Gasteiger partial charge in [0, 0.05) is 11.4 Å². The lowest BCUT2D eigenvalue weighted by molar-refractivity contribution is -0.142. The monoisotopic (exact) mass is 293 g/mol. The number of carbonyl (C=O) groups excluding carboxylic acids is 1. The summed E-state index contributed by atoms with van der Waals surface area (Å²) in [5.41, 5.74) is -3.48. The van der Waals surface area contributed by atoms with Crippen LogP contribution in [-0.2, 0) is 16.1 Å². The summed E-state index contributed by atoms with van der Waals surface area (Å²) >= 11 is -0.152. The maximum Gasteiger partial charge on any atom is 0.446 e. The number of rotatable bonds is 5. The fourth-order valence-corrected chi connectivity index (χ4v) is 1.88. The maximum absolute atomic E-state index is 12.1. The van der Waals surface area contributed by atoms with Gasteiger partial charge in [-0.3, -0.25) is 4.79 Å². The van der Waals surface area contributed by atoms with Gasteiger partial charge in [0.15, 0.2) is 0 Å². The van der Waals surface area contributed by atoms with Crippen LogP contribution in [0.2, 0.25) is 0 Å².